The molecule has 0 aromatic heterocycles. The van der Waals surface area contributed by atoms with Gasteiger partial charge in [-0.15, -0.1) is 0 Å². The molecule has 0 saturated carbocycles. The lowest BCUT2D eigenvalue weighted by atomic mass is 10.00. The van der Waals surface area contributed by atoms with Crippen LogP contribution in [-0.4, -0.2) is 10.2 Å². The molecule has 0 saturated heterocycles. The van der Waals surface area contributed by atoms with Gasteiger partial charge in [0.05, 0.1) is 12.2 Å². The van der Waals surface area contributed by atoms with Crippen LogP contribution < -0.4 is 0 Å². The van der Waals surface area contributed by atoms with Crippen molar-refractivity contribution >= 4 is 0 Å². The first-order valence-corrected chi connectivity index (χ1v) is 5.08. The lowest BCUT2D eigenvalue weighted by Crippen LogP contribution is -2.01. The fraction of sp³-hybridized carbons (Fsp3) is 0.500. The highest BCUT2D eigenvalue weighted by Gasteiger charge is 2.09. The lowest BCUT2D eigenvalue weighted by Gasteiger charge is -2.13. The second kappa shape index (κ2) is 6.57. The Morgan fingerprint density at radius 2 is 1.14 bits per heavy atom. The second-order valence-electron chi connectivity index (χ2n) is 2.98. The minimum atomic E-state index is -0.518. The summed E-state index contributed by atoms with van der Waals surface area (Å²) in [7, 11) is 0. The molecule has 1 rings (SSSR count). The van der Waals surface area contributed by atoms with Gasteiger partial charge in [-0.2, -0.15) is 0 Å². The zero-order chi connectivity index (χ0) is 11.1. The van der Waals surface area contributed by atoms with Gasteiger partial charge < -0.3 is 10.2 Å². The maximum Gasteiger partial charge on any atom is 0.0765 e. The normalized spacial score (nSPS) is 13.9. The molecule has 0 amide bonds. The van der Waals surface area contributed by atoms with E-state index in [1.54, 1.807) is 13.8 Å². The molecule has 0 radical (unpaired) electrons. The Morgan fingerprint density at radius 1 is 0.857 bits per heavy atom. The quantitative estimate of drug-likeness (QED) is 0.763. The zero-order valence-electron chi connectivity index (χ0n) is 9.36. The first kappa shape index (κ1) is 13.1. The van der Waals surface area contributed by atoms with Gasteiger partial charge in [0, 0.05) is 0 Å². The fourth-order valence-electron chi connectivity index (χ4n) is 1.27. The standard InChI is InChI=1S/C10H14O2.C2H6/c1-7(11)9-5-3-4-6-10(9)8(2)12;1-2/h3-8,11-12H,1-2H3;1-2H3. The maximum atomic E-state index is 9.34. The first-order valence-electron chi connectivity index (χ1n) is 5.08. The van der Waals surface area contributed by atoms with Crippen LogP contribution in [0.1, 0.15) is 51.0 Å². The van der Waals surface area contributed by atoms with Gasteiger partial charge >= 0.3 is 0 Å². The number of hydrogen-bond acceptors (Lipinski definition) is 2. The van der Waals surface area contributed by atoms with Crippen LogP contribution in [0.4, 0.5) is 0 Å². The van der Waals surface area contributed by atoms with Crippen LogP contribution in [-0.2, 0) is 0 Å². The summed E-state index contributed by atoms with van der Waals surface area (Å²) in [6, 6.07) is 7.36. The van der Waals surface area contributed by atoms with Crippen LogP contribution in [0, 0.1) is 0 Å². The minimum Gasteiger partial charge on any atom is -0.389 e. The summed E-state index contributed by atoms with van der Waals surface area (Å²) in [6.07, 6.45) is -1.04. The topological polar surface area (TPSA) is 40.5 Å². The number of aliphatic hydroxyl groups excluding tert-OH is 2. The third kappa shape index (κ3) is 3.48. The van der Waals surface area contributed by atoms with Crippen molar-refractivity contribution in [2.24, 2.45) is 0 Å². The minimum absolute atomic E-state index is 0.518. The Balaban J connectivity index is 0.000000791. The fourth-order valence-corrected chi connectivity index (χ4v) is 1.27. The molecule has 1 aromatic carbocycles. The molecular weight excluding hydrogens is 176 g/mol. The highest BCUT2D eigenvalue weighted by Crippen LogP contribution is 2.22. The zero-order valence-corrected chi connectivity index (χ0v) is 9.36. The lowest BCUT2D eigenvalue weighted by molar-refractivity contribution is 0.175. The van der Waals surface area contributed by atoms with E-state index in [0.29, 0.717) is 0 Å². The molecule has 0 aliphatic heterocycles. The van der Waals surface area contributed by atoms with E-state index in [0.717, 1.165) is 11.1 Å². The van der Waals surface area contributed by atoms with E-state index in [1.165, 1.54) is 0 Å². The van der Waals surface area contributed by atoms with Crippen molar-refractivity contribution in [1.29, 1.82) is 0 Å². The van der Waals surface area contributed by atoms with Crippen LogP contribution in [0.5, 0.6) is 0 Å². The third-order valence-corrected chi connectivity index (χ3v) is 1.90. The number of rotatable bonds is 2. The maximum absolute atomic E-state index is 9.34. The smallest absolute Gasteiger partial charge is 0.0765 e. The molecule has 2 heteroatoms. The van der Waals surface area contributed by atoms with Crippen LogP contribution in [0.3, 0.4) is 0 Å². The van der Waals surface area contributed by atoms with Gasteiger partial charge in [0.25, 0.3) is 0 Å². The van der Waals surface area contributed by atoms with Crippen molar-refractivity contribution in [3.8, 4) is 0 Å². The number of benzene rings is 1. The summed E-state index contributed by atoms with van der Waals surface area (Å²) >= 11 is 0. The van der Waals surface area contributed by atoms with Gasteiger partial charge in [-0.3, -0.25) is 0 Å². The van der Waals surface area contributed by atoms with Crippen LogP contribution in [0.25, 0.3) is 0 Å². The van der Waals surface area contributed by atoms with Gasteiger partial charge in [0.2, 0.25) is 0 Å². The molecule has 0 fully saturated rings. The molecule has 0 spiro atoms. The average Bonchev–Trinajstić information content (AvgIpc) is 2.20. The Labute approximate surface area is 86.2 Å². The van der Waals surface area contributed by atoms with Gasteiger partial charge in [-0.05, 0) is 25.0 Å². The summed E-state index contributed by atoms with van der Waals surface area (Å²) in [5.41, 5.74) is 1.60. The van der Waals surface area contributed by atoms with Gasteiger partial charge in [0.15, 0.2) is 0 Å². The van der Waals surface area contributed by atoms with E-state index < -0.39 is 12.2 Å². The Morgan fingerprint density at radius 3 is 1.36 bits per heavy atom. The highest BCUT2D eigenvalue weighted by molar-refractivity contribution is 5.30. The second-order valence-corrected chi connectivity index (χ2v) is 2.98. The highest BCUT2D eigenvalue weighted by atomic mass is 16.3. The van der Waals surface area contributed by atoms with Crippen LogP contribution >= 0.6 is 0 Å². The van der Waals surface area contributed by atoms with Crippen molar-refractivity contribution in [2.75, 3.05) is 0 Å². The van der Waals surface area contributed by atoms with Crippen molar-refractivity contribution in [3.63, 3.8) is 0 Å². The summed E-state index contributed by atoms with van der Waals surface area (Å²) < 4.78 is 0. The molecule has 0 aliphatic carbocycles. The average molecular weight is 196 g/mol. The Hall–Kier alpha value is -0.860. The summed E-state index contributed by atoms with van der Waals surface area (Å²) in [5.74, 6) is 0. The van der Waals surface area contributed by atoms with Gasteiger partial charge in [-0.25, -0.2) is 0 Å². The molecule has 0 bridgehead atoms. The molecule has 80 valence electrons. The van der Waals surface area contributed by atoms with E-state index in [9.17, 15) is 10.2 Å². The Bertz CT molecular complexity index is 227. The molecule has 2 atom stereocenters. The SMILES string of the molecule is CC.CC(O)c1ccccc1C(C)O. The largest absolute Gasteiger partial charge is 0.389 e. The van der Waals surface area contributed by atoms with E-state index in [1.807, 2.05) is 38.1 Å². The van der Waals surface area contributed by atoms with E-state index in [-0.39, 0.29) is 0 Å². The predicted octanol–water partition coefficient (Wildman–Crippen LogP) is 2.82. The van der Waals surface area contributed by atoms with E-state index >= 15 is 0 Å². The van der Waals surface area contributed by atoms with E-state index in [2.05, 4.69) is 0 Å². The first-order chi connectivity index (χ1) is 6.63. The molecule has 0 heterocycles. The van der Waals surface area contributed by atoms with Gasteiger partial charge in [-0.1, -0.05) is 38.1 Å². The summed E-state index contributed by atoms with van der Waals surface area (Å²) in [6.45, 7) is 7.39. The van der Waals surface area contributed by atoms with E-state index in [4.69, 9.17) is 0 Å². The Kier molecular flexibility index (Phi) is 6.17. The molecular formula is C12H20O2. The predicted molar refractivity (Wildman–Crippen MR) is 59.1 cm³/mol. The van der Waals surface area contributed by atoms with Gasteiger partial charge in [0.1, 0.15) is 0 Å². The van der Waals surface area contributed by atoms with Crippen molar-refractivity contribution in [2.45, 2.75) is 39.9 Å². The molecule has 0 aliphatic rings. The van der Waals surface area contributed by atoms with Crippen LogP contribution in [0.2, 0.25) is 0 Å². The number of aliphatic hydroxyl groups is 2. The monoisotopic (exact) mass is 196 g/mol. The molecule has 2 N–H and O–H groups in total. The van der Waals surface area contributed by atoms with Crippen LogP contribution in [0.15, 0.2) is 24.3 Å². The van der Waals surface area contributed by atoms with Crippen molar-refractivity contribution in [3.05, 3.63) is 35.4 Å². The number of hydrogen-bond donors (Lipinski definition) is 2. The van der Waals surface area contributed by atoms with Crippen molar-refractivity contribution < 1.29 is 10.2 Å². The van der Waals surface area contributed by atoms with Crippen molar-refractivity contribution in [1.82, 2.24) is 0 Å². The molecule has 14 heavy (non-hydrogen) atoms. The molecule has 1 aromatic rings. The molecule has 2 unspecified atom stereocenters. The summed E-state index contributed by atoms with van der Waals surface area (Å²) in [4.78, 5) is 0. The third-order valence-electron chi connectivity index (χ3n) is 1.90. The molecule has 2 nitrogen and oxygen atoms in total. The summed E-state index contributed by atoms with van der Waals surface area (Å²) in [5, 5.41) is 18.7.